The molecule has 0 aromatic heterocycles. The number of carboxylic acid groups (broad SMARTS) is 1. The van der Waals surface area contributed by atoms with Gasteiger partial charge >= 0.3 is 5.97 Å². The van der Waals surface area contributed by atoms with Crippen LogP contribution in [0.5, 0.6) is 23.0 Å². The molecular formula is C26H28O6. The van der Waals surface area contributed by atoms with Crippen LogP contribution < -0.4 is 14.2 Å². The molecule has 6 heteroatoms. The van der Waals surface area contributed by atoms with E-state index in [1.165, 1.54) is 7.11 Å². The molecule has 0 fully saturated rings. The molecule has 0 bridgehead atoms. The first-order valence-corrected chi connectivity index (χ1v) is 10.6. The van der Waals surface area contributed by atoms with Crippen molar-refractivity contribution in [3.8, 4) is 23.0 Å². The van der Waals surface area contributed by atoms with Crippen molar-refractivity contribution < 1.29 is 28.8 Å². The Bertz CT molecular complexity index is 938. The maximum Gasteiger partial charge on any atom is 0.333 e. The second-order valence-corrected chi connectivity index (χ2v) is 7.20. The molecule has 0 saturated carbocycles. The van der Waals surface area contributed by atoms with Gasteiger partial charge < -0.3 is 24.1 Å². The molecule has 1 atom stereocenters. The van der Waals surface area contributed by atoms with Crippen molar-refractivity contribution in [3.63, 3.8) is 0 Å². The Morgan fingerprint density at radius 2 is 1.25 bits per heavy atom. The van der Waals surface area contributed by atoms with E-state index in [0.717, 1.165) is 41.4 Å². The van der Waals surface area contributed by atoms with Gasteiger partial charge in [-0.3, -0.25) is 0 Å². The molecule has 3 rings (SSSR count). The summed E-state index contributed by atoms with van der Waals surface area (Å²) in [7, 11) is 1.40. The van der Waals surface area contributed by atoms with Gasteiger partial charge in [0.15, 0.2) is 6.10 Å². The highest BCUT2D eigenvalue weighted by atomic mass is 16.5. The zero-order valence-corrected chi connectivity index (χ0v) is 18.1. The molecule has 3 aromatic carbocycles. The van der Waals surface area contributed by atoms with E-state index in [1.807, 2.05) is 78.9 Å². The fourth-order valence-corrected chi connectivity index (χ4v) is 3.02. The lowest BCUT2D eigenvalue weighted by atomic mass is 10.1. The Labute approximate surface area is 188 Å². The largest absolute Gasteiger partial charge is 0.494 e. The lowest BCUT2D eigenvalue weighted by Crippen LogP contribution is -2.24. The number of unbranched alkanes of at least 4 members (excludes halogenated alkanes) is 1. The van der Waals surface area contributed by atoms with E-state index < -0.39 is 12.1 Å². The molecule has 1 unspecified atom stereocenters. The lowest BCUT2D eigenvalue weighted by Gasteiger charge is -2.11. The van der Waals surface area contributed by atoms with Crippen molar-refractivity contribution in [2.75, 3.05) is 20.3 Å². The maximum atomic E-state index is 11.0. The van der Waals surface area contributed by atoms with Crippen LogP contribution in [0.25, 0.3) is 0 Å². The fourth-order valence-electron chi connectivity index (χ4n) is 3.02. The van der Waals surface area contributed by atoms with E-state index in [-0.39, 0.29) is 0 Å². The monoisotopic (exact) mass is 436 g/mol. The van der Waals surface area contributed by atoms with Crippen molar-refractivity contribution in [3.05, 3.63) is 84.4 Å². The summed E-state index contributed by atoms with van der Waals surface area (Å²) >= 11 is 0. The van der Waals surface area contributed by atoms with Crippen LogP contribution in [0, 0.1) is 0 Å². The zero-order valence-electron chi connectivity index (χ0n) is 18.1. The first-order valence-electron chi connectivity index (χ1n) is 10.6. The number of benzene rings is 3. The molecule has 0 saturated heterocycles. The van der Waals surface area contributed by atoms with Crippen LogP contribution in [-0.4, -0.2) is 37.5 Å². The average molecular weight is 437 g/mol. The molecule has 1 N–H and O–H groups in total. The highest BCUT2D eigenvalue weighted by Gasteiger charge is 2.16. The smallest absolute Gasteiger partial charge is 0.333 e. The zero-order chi connectivity index (χ0) is 22.6. The van der Waals surface area contributed by atoms with Gasteiger partial charge in [-0.15, -0.1) is 0 Å². The van der Waals surface area contributed by atoms with Gasteiger partial charge in [0.25, 0.3) is 0 Å². The molecule has 168 valence electrons. The Hall–Kier alpha value is -3.51. The Morgan fingerprint density at radius 3 is 1.78 bits per heavy atom. The number of methoxy groups -OCH3 is 1. The number of carbonyl (C=O) groups is 1. The van der Waals surface area contributed by atoms with Gasteiger partial charge in [-0.25, -0.2) is 4.79 Å². The van der Waals surface area contributed by atoms with Crippen LogP contribution in [0.15, 0.2) is 78.9 Å². The highest BCUT2D eigenvalue weighted by molar-refractivity contribution is 5.72. The summed E-state index contributed by atoms with van der Waals surface area (Å²) in [4.78, 5) is 11.0. The summed E-state index contributed by atoms with van der Waals surface area (Å²) in [5, 5.41) is 9.05. The van der Waals surface area contributed by atoms with Crippen molar-refractivity contribution in [1.82, 2.24) is 0 Å². The Kier molecular flexibility index (Phi) is 8.95. The van der Waals surface area contributed by atoms with Crippen molar-refractivity contribution in [2.24, 2.45) is 0 Å². The SMILES string of the molecule is COC(Cc1ccc(OCCCCOc2ccc(Oc3ccccc3)cc2)cc1)C(=O)O. The number of rotatable bonds is 13. The first-order chi connectivity index (χ1) is 15.6. The van der Waals surface area contributed by atoms with Crippen LogP contribution in [0.3, 0.4) is 0 Å². The Balaban J connectivity index is 1.31. The minimum absolute atomic E-state index is 0.322. The molecule has 0 amide bonds. The fraction of sp³-hybridized carbons (Fsp3) is 0.269. The van der Waals surface area contributed by atoms with E-state index in [1.54, 1.807) is 0 Å². The molecule has 0 heterocycles. The second kappa shape index (κ2) is 12.4. The van der Waals surface area contributed by atoms with Gasteiger partial charge in [-0.2, -0.15) is 0 Å². The number of ether oxygens (including phenoxy) is 4. The average Bonchev–Trinajstić information content (AvgIpc) is 2.82. The molecule has 3 aromatic rings. The van der Waals surface area contributed by atoms with E-state index in [0.29, 0.717) is 19.6 Å². The molecule has 0 radical (unpaired) electrons. The predicted octanol–water partition coefficient (Wildman–Crippen LogP) is 5.36. The molecule has 6 nitrogen and oxygen atoms in total. The van der Waals surface area contributed by atoms with Gasteiger partial charge in [0.05, 0.1) is 13.2 Å². The van der Waals surface area contributed by atoms with Gasteiger partial charge in [-0.05, 0) is 66.9 Å². The predicted molar refractivity (Wildman–Crippen MR) is 122 cm³/mol. The van der Waals surface area contributed by atoms with Crippen molar-refractivity contribution >= 4 is 5.97 Å². The summed E-state index contributed by atoms with van der Waals surface area (Å²) in [6.45, 7) is 1.19. The molecule has 32 heavy (non-hydrogen) atoms. The highest BCUT2D eigenvalue weighted by Crippen LogP contribution is 2.23. The standard InChI is InChI=1S/C26H28O6/c1-29-25(26(27)28)19-20-9-11-21(12-10-20)30-17-5-6-18-31-22-13-15-24(16-14-22)32-23-7-3-2-4-8-23/h2-4,7-16,25H,5-6,17-19H2,1H3,(H,27,28). The van der Waals surface area contributed by atoms with E-state index in [4.69, 9.17) is 24.1 Å². The van der Waals surface area contributed by atoms with Crippen LogP contribution in [0.2, 0.25) is 0 Å². The first kappa shape index (κ1) is 23.2. The van der Waals surface area contributed by atoms with E-state index >= 15 is 0 Å². The summed E-state index contributed by atoms with van der Waals surface area (Å²) in [6.07, 6.45) is 1.22. The van der Waals surface area contributed by atoms with Gasteiger partial charge in [0.2, 0.25) is 0 Å². The third-order valence-electron chi connectivity index (χ3n) is 4.78. The summed E-state index contributed by atoms with van der Waals surface area (Å²) in [5.41, 5.74) is 0.889. The Morgan fingerprint density at radius 1 is 0.750 bits per heavy atom. The van der Waals surface area contributed by atoms with Gasteiger partial charge in [0, 0.05) is 13.5 Å². The van der Waals surface area contributed by atoms with Gasteiger partial charge in [-0.1, -0.05) is 30.3 Å². The summed E-state index contributed by atoms with van der Waals surface area (Å²) in [6, 6.07) is 24.6. The van der Waals surface area contributed by atoms with Crippen molar-refractivity contribution in [2.45, 2.75) is 25.4 Å². The molecular weight excluding hydrogens is 408 g/mol. The number of hydrogen-bond donors (Lipinski definition) is 1. The molecule has 0 aliphatic rings. The van der Waals surface area contributed by atoms with Crippen LogP contribution in [-0.2, 0) is 16.0 Å². The van der Waals surface area contributed by atoms with Gasteiger partial charge in [0.1, 0.15) is 23.0 Å². The third-order valence-corrected chi connectivity index (χ3v) is 4.78. The molecule has 0 aliphatic heterocycles. The number of carboxylic acids is 1. The topological polar surface area (TPSA) is 74.2 Å². The summed E-state index contributed by atoms with van der Waals surface area (Å²) < 4.78 is 22.3. The minimum atomic E-state index is -0.966. The third kappa shape index (κ3) is 7.63. The van der Waals surface area contributed by atoms with E-state index in [2.05, 4.69) is 0 Å². The normalized spacial score (nSPS) is 11.5. The van der Waals surface area contributed by atoms with Crippen LogP contribution >= 0.6 is 0 Å². The minimum Gasteiger partial charge on any atom is -0.494 e. The molecule has 0 spiro atoms. The molecule has 0 aliphatic carbocycles. The van der Waals surface area contributed by atoms with E-state index in [9.17, 15) is 4.79 Å². The number of para-hydroxylation sites is 1. The lowest BCUT2D eigenvalue weighted by molar-refractivity contribution is -0.148. The number of hydrogen-bond acceptors (Lipinski definition) is 5. The van der Waals surface area contributed by atoms with Crippen LogP contribution in [0.4, 0.5) is 0 Å². The second-order valence-electron chi connectivity index (χ2n) is 7.20. The van der Waals surface area contributed by atoms with Crippen LogP contribution in [0.1, 0.15) is 18.4 Å². The summed E-state index contributed by atoms with van der Waals surface area (Å²) in [5.74, 6) is 2.16. The van der Waals surface area contributed by atoms with Crippen molar-refractivity contribution in [1.29, 1.82) is 0 Å². The quantitative estimate of drug-likeness (QED) is 0.364. The number of aliphatic carboxylic acids is 1. The maximum absolute atomic E-state index is 11.0.